The van der Waals surface area contributed by atoms with E-state index in [2.05, 4.69) is 25.0 Å². The van der Waals surface area contributed by atoms with Gasteiger partial charge in [-0.15, -0.1) is 0 Å². The molecule has 2 heterocycles. The van der Waals surface area contributed by atoms with Gasteiger partial charge in [0.15, 0.2) is 5.82 Å². The Labute approximate surface area is 78.4 Å². The van der Waals surface area contributed by atoms with Crippen LogP contribution in [0.1, 0.15) is 6.42 Å². The molecule has 0 atom stereocenters. The van der Waals surface area contributed by atoms with Crippen LogP contribution >= 0.6 is 0 Å². The Hall–Kier alpha value is -2.05. The highest BCUT2D eigenvalue weighted by Gasteiger charge is 2.27. The van der Waals surface area contributed by atoms with Gasteiger partial charge in [-0.2, -0.15) is 5.10 Å². The Morgan fingerprint density at radius 3 is 2.71 bits per heavy atom. The molecule has 0 saturated carbocycles. The second-order valence-electron chi connectivity index (χ2n) is 2.59. The van der Waals surface area contributed by atoms with E-state index in [-0.39, 0.29) is 6.42 Å². The number of hydrogen-bond donors (Lipinski definition) is 2. The molecule has 0 amide bonds. The van der Waals surface area contributed by atoms with Gasteiger partial charge in [0.25, 0.3) is 0 Å². The second-order valence-corrected chi connectivity index (χ2v) is 2.59. The molecule has 1 aromatic heterocycles. The van der Waals surface area contributed by atoms with Crippen molar-refractivity contribution in [2.45, 2.75) is 12.8 Å². The minimum Gasteiger partial charge on any atom is -0.406 e. The summed E-state index contributed by atoms with van der Waals surface area (Å²) in [5, 5.41) is 8.88. The first kappa shape index (κ1) is 8.54. The third-order valence-corrected chi connectivity index (χ3v) is 1.53. The van der Waals surface area contributed by atoms with Crippen molar-refractivity contribution in [2.24, 2.45) is 0 Å². The SMILES string of the molecule is O=C1CC(=O)OC(Nc2cc[nH]n2)O1. The summed E-state index contributed by atoms with van der Waals surface area (Å²) in [5.41, 5.74) is 0. The average molecular weight is 197 g/mol. The highest BCUT2D eigenvalue weighted by atomic mass is 16.7. The summed E-state index contributed by atoms with van der Waals surface area (Å²) < 4.78 is 9.37. The van der Waals surface area contributed by atoms with Crippen molar-refractivity contribution in [1.29, 1.82) is 0 Å². The molecule has 0 radical (unpaired) electrons. The summed E-state index contributed by atoms with van der Waals surface area (Å²) in [4.78, 5) is 21.6. The van der Waals surface area contributed by atoms with Crippen LogP contribution in [0.15, 0.2) is 12.3 Å². The van der Waals surface area contributed by atoms with Gasteiger partial charge in [-0.25, -0.2) is 0 Å². The number of aromatic nitrogens is 2. The van der Waals surface area contributed by atoms with Crippen molar-refractivity contribution in [3.05, 3.63) is 12.3 Å². The van der Waals surface area contributed by atoms with Crippen LogP contribution in [-0.2, 0) is 19.1 Å². The maximum atomic E-state index is 10.8. The minimum absolute atomic E-state index is 0.348. The van der Waals surface area contributed by atoms with Crippen molar-refractivity contribution in [1.82, 2.24) is 10.2 Å². The fourth-order valence-corrected chi connectivity index (χ4v) is 0.984. The van der Waals surface area contributed by atoms with E-state index in [1.165, 1.54) is 0 Å². The molecule has 0 bridgehead atoms. The van der Waals surface area contributed by atoms with Crippen molar-refractivity contribution >= 4 is 17.8 Å². The lowest BCUT2D eigenvalue weighted by atomic mass is 10.4. The summed E-state index contributed by atoms with van der Waals surface area (Å²) >= 11 is 0. The molecule has 7 nitrogen and oxygen atoms in total. The molecule has 0 unspecified atom stereocenters. The van der Waals surface area contributed by atoms with E-state index < -0.39 is 18.4 Å². The number of ether oxygens (including phenoxy) is 2. The predicted octanol–water partition coefficient (Wildman–Crippen LogP) is -0.405. The van der Waals surface area contributed by atoms with Crippen LogP contribution in [0.2, 0.25) is 0 Å². The van der Waals surface area contributed by atoms with Crippen molar-refractivity contribution in [2.75, 3.05) is 5.32 Å². The maximum absolute atomic E-state index is 10.8. The predicted molar refractivity (Wildman–Crippen MR) is 42.8 cm³/mol. The molecule has 0 spiro atoms. The molecular formula is C7H7N3O4. The fourth-order valence-electron chi connectivity index (χ4n) is 0.984. The van der Waals surface area contributed by atoms with Gasteiger partial charge in [0.05, 0.1) is 0 Å². The van der Waals surface area contributed by atoms with Gasteiger partial charge >= 0.3 is 18.4 Å². The molecule has 2 N–H and O–H groups in total. The van der Waals surface area contributed by atoms with Crippen molar-refractivity contribution < 1.29 is 19.1 Å². The fraction of sp³-hybridized carbons (Fsp3) is 0.286. The lowest BCUT2D eigenvalue weighted by Gasteiger charge is -2.22. The Morgan fingerprint density at radius 1 is 1.43 bits per heavy atom. The zero-order chi connectivity index (χ0) is 9.97. The number of nitrogens with one attached hydrogen (secondary N) is 2. The molecule has 14 heavy (non-hydrogen) atoms. The monoisotopic (exact) mass is 197 g/mol. The number of H-pyrrole nitrogens is 1. The van der Waals surface area contributed by atoms with E-state index in [1.54, 1.807) is 12.3 Å². The first-order valence-electron chi connectivity index (χ1n) is 3.89. The molecule has 0 aliphatic carbocycles. The third kappa shape index (κ3) is 1.82. The van der Waals surface area contributed by atoms with Crippen LogP contribution in [-0.4, -0.2) is 28.5 Å². The minimum atomic E-state index is -1.09. The van der Waals surface area contributed by atoms with E-state index in [4.69, 9.17) is 0 Å². The molecule has 1 saturated heterocycles. The van der Waals surface area contributed by atoms with E-state index in [9.17, 15) is 9.59 Å². The van der Waals surface area contributed by atoms with E-state index in [1.807, 2.05) is 0 Å². The van der Waals surface area contributed by atoms with Crippen LogP contribution in [0.25, 0.3) is 0 Å². The van der Waals surface area contributed by atoms with Crippen LogP contribution < -0.4 is 5.32 Å². The highest BCUT2D eigenvalue weighted by molar-refractivity contribution is 5.92. The number of esters is 2. The molecule has 1 fully saturated rings. The van der Waals surface area contributed by atoms with Gasteiger partial charge in [0, 0.05) is 12.3 Å². The number of carbonyl (C=O) groups excluding carboxylic acids is 2. The standard InChI is InChI=1S/C7H7N3O4/c11-5-3-6(12)14-7(13-5)9-4-1-2-8-10-4/h1-2,7H,3H2,(H2,8,9,10). The lowest BCUT2D eigenvalue weighted by molar-refractivity contribution is -0.197. The van der Waals surface area contributed by atoms with Crippen LogP contribution in [0, 0.1) is 0 Å². The number of nitrogens with zero attached hydrogens (tertiary/aromatic N) is 1. The Kier molecular flexibility index (Phi) is 2.05. The first-order valence-corrected chi connectivity index (χ1v) is 3.89. The molecule has 2 rings (SSSR count). The van der Waals surface area contributed by atoms with Gasteiger partial charge in [0.1, 0.15) is 6.42 Å². The molecule has 1 aromatic rings. The van der Waals surface area contributed by atoms with Crippen LogP contribution in [0.4, 0.5) is 5.82 Å². The third-order valence-electron chi connectivity index (χ3n) is 1.53. The summed E-state index contributed by atoms with van der Waals surface area (Å²) in [6.45, 7) is 0. The molecule has 7 heteroatoms. The Balaban J connectivity index is 1.98. The Bertz CT molecular complexity index is 332. The van der Waals surface area contributed by atoms with Crippen molar-refractivity contribution in [3.8, 4) is 0 Å². The number of cyclic esters (lactones) is 2. The van der Waals surface area contributed by atoms with Gasteiger partial charge < -0.3 is 9.47 Å². The van der Waals surface area contributed by atoms with Gasteiger partial charge in [-0.05, 0) is 0 Å². The average Bonchev–Trinajstić information content (AvgIpc) is 2.54. The van der Waals surface area contributed by atoms with E-state index in [0.29, 0.717) is 5.82 Å². The summed E-state index contributed by atoms with van der Waals surface area (Å²) in [6.07, 6.45) is 0.139. The number of hydrogen-bond acceptors (Lipinski definition) is 6. The number of anilines is 1. The summed E-state index contributed by atoms with van der Waals surface area (Å²) in [5.74, 6) is -0.805. The molecule has 1 aliphatic rings. The van der Waals surface area contributed by atoms with Gasteiger partial charge in [-0.1, -0.05) is 0 Å². The quantitative estimate of drug-likeness (QED) is 0.494. The highest BCUT2D eigenvalue weighted by Crippen LogP contribution is 2.10. The maximum Gasteiger partial charge on any atom is 0.330 e. The zero-order valence-electron chi connectivity index (χ0n) is 7.02. The molecule has 74 valence electrons. The van der Waals surface area contributed by atoms with Gasteiger partial charge in [-0.3, -0.25) is 20.0 Å². The number of aromatic amines is 1. The van der Waals surface area contributed by atoms with Gasteiger partial charge in [0.2, 0.25) is 0 Å². The number of carbonyl (C=O) groups is 2. The summed E-state index contributed by atoms with van der Waals surface area (Å²) in [6, 6.07) is 1.61. The molecular weight excluding hydrogens is 190 g/mol. The summed E-state index contributed by atoms with van der Waals surface area (Å²) in [7, 11) is 0. The molecule has 0 aromatic carbocycles. The van der Waals surface area contributed by atoms with Crippen LogP contribution in [0.3, 0.4) is 0 Å². The Morgan fingerprint density at radius 2 is 2.14 bits per heavy atom. The van der Waals surface area contributed by atoms with Crippen LogP contribution in [0.5, 0.6) is 0 Å². The lowest BCUT2D eigenvalue weighted by Crippen LogP contribution is -2.37. The second kappa shape index (κ2) is 3.36. The zero-order valence-corrected chi connectivity index (χ0v) is 7.02. The largest absolute Gasteiger partial charge is 0.406 e. The van der Waals surface area contributed by atoms with Crippen molar-refractivity contribution in [3.63, 3.8) is 0 Å². The smallest absolute Gasteiger partial charge is 0.330 e. The van der Waals surface area contributed by atoms with E-state index >= 15 is 0 Å². The normalized spacial score (nSPS) is 17.4. The number of rotatable bonds is 2. The molecule has 1 aliphatic heterocycles. The first-order chi connectivity index (χ1) is 6.74. The topological polar surface area (TPSA) is 93.3 Å². The van der Waals surface area contributed by atoms with E-state index in [0.717, 1.165) is 0 Å².